The van der Waals surface area contributed by atoms with Crippen molar-refractivity contribution in [2.24, 2.45) is 0 Å². The molecular formula is C5H7N3O4. The van der Waals surface area contributed by atoms with Gasteiger partial charge in [-0.2, -0.15) is 5.26 Å². The number of hydrogen-bond donors (Lipinski definition) is 0. The maximum atomic E-state index is 10.2. The number of nitrogens with zero attached hydrogens (tertiary/aromatic N) is 3. The Bertz CT molecular complexity index is 230. The van der Waals surface area contributed by atoms with Crippen LogP contribution in [0.4, 0.5) is 0 Å². The largest absolute Gasteiger partial charge is 0.543 e. The van der Waals surface area contributed by atoms with Gasteiger partial charge in [0.05, 0.1) is 0 Å². The summed E-state index contributed by atoms with van der Waals surface area (Å²) < 4.78 is 0. The van der Waals surface area contributed by atoms with E-state index in [4.69, 9.17) is 5.26 Å². The molecule has 0 radical (unpaired) electrons. The Balaban J connectivity index is 4.93. The third kappa shape index (κ3) is 1.47. The molecule has 0 aliphatic carbocycles. The van der Waals surface area contributed by atoms with E-state index in [2.05, 4.69) is 0 Å². The summed E-state index contributed by atoms with van der Waals surface area (Å²) in [6, 6.07) is 1.12. The Morgan fingerprint density at radius 3 is 1.92 bits per heavy atom. The number of nitro groups is 2. The van der Waals surface area contributed by atoms with Gasteiger partial charge in [-0.05, 0) is 6.42 Å². The van der Waals surface area contributed by atoms with Gasteiger partial charge in [-0.25, -0.2) is 0 Å². The van der Waals surface area contributed by atoms with Crippen molar-refractivity contribution in [1.82, 2.24) is 0 Å². The SMILES string of the molecule is CCCC(C#N)([N+](=O)[O-])[N+](=O)[O-]. The normalized spacial score (nSPS) is 10.3. The van der Waals surface area contributed by atoms with Crippen molar-refractivity contribution in [2.75, 3.05) is 0 Å². The predicted octanol–water partition coefficient (Wildman–Crippen LogP) is 0.560. The van der Waals surface area contributed by atoms with Crippen LogP contribution in [0.3, 0.4) is 0 Å². The minimum absolute atomic E-state index is 0.218. The Labute approximate surface area is 67.9 Å². The van der Waals surface area contributed by atoms with Gasteiger partial charge >= 0.3 is 5.66 Å². The molecule has 7 heteroatoms. The first kappa shape index (κ1) is 10.3. The summed E-state index contributed by atoms with van der Waals surface area (Å²) in [4.78, 5) is 18.1. The second kappa shape index (κ2) is 3.61. The molecule has 0 bridgehead atoms. The van der Waals surface area contributed by atoms with E-state index in [9.17, 15) is 20.2 Å². The monoisotopic (exact) mass is 173 g/mol. The van der Waals surface area contributed by atoms with E-state index < -0.39 is 15.5 Å². The second-order valence-corrected chi connectivity index (χ2v) is 2.19. The van der Waals surface area contributed by atoms with E-state index in [1.54, 1.807) is 6.92 Å². The topological polar surface area (TPSA) is 110 Å². The van der Waals surface area contributed by atoms with Crippen molar-refractivity contribution >= 4 is 0 Å². The van der Waals surface area contributed by atoms with Crippen LogP contribution in [0.5, 0.6) is 0 Å². The maximum Gasteiger partial charge on any atom is 0.543 e. The smallest absolute Gasteiger partial charge is 0.257 e. The summed E-state index contributed by atoms with van der Waals surface area (Å²) in [5, 5.41) is 28.8. The number of hydrogen-bond acceptors (Lipinski definition) is 5. The molecule has 7 nitrogen and oxygen atoms in total. The van der Waals surface area contributed by atoms with Crippen molar-refractivity contribution in [3.63, 3.8) is 0 Å². The van der Waals surface area contributed by atoms with Gasteiger partial charge in [-0.15, -0.1) is 0 Å². The Morgan fingerprint density at radius 1 is 1.42 bits per heavy atom. The van der Waals surface area contributed by atoms with Crippen molar-refractivity contribution in [2.45, 2.75) is 25.4 Å². The third-order valence-corrected chi connectivity index (χ3v) is 1.38. The zero-order valence-electron chi connectivity index (χ0n) is 6.39. The summed E-state index contributed by atoms with van der Waals surface area (Å²) in [5.41, 5.74) is -2.66. The molecule has 0 spiro atoms. The first-order valence-electron chi connectivity index (χ1n) is 3.21. The fourth-order valence-electron chi connectivity index (χ4n) is 0.735. The summed E-state index contributed by atoms with van der Waals surface area (Å²) in [7, 11) is 0. The number of rotatable bonds is 4. The summed E-state index contributed by atoms with van der Waals surface area (Å²) in [6.45, 7) is 1.54. The Hall–Kier alpha value is -1.71. The van der Waals surface area contributed by atoms with E-state index in [0.717, 1.165) is 6.07 Å². The van der Waals surface area contributed by atoms with Gasteiger partial charge in [0.15, 0.2) is 0 Å². The molecule has 0 N–H and O–H groups in total. The minimum Gasteiger partial charge on any atom is -0.257 e. The lowest BCUT2D eigenvalue weighted by Crippen LogP contribution is -2.44. The molecule has 0 fully saturated rings. The lowest BCUT2D eigenvalue weighted by Gasteiger charge is -2.07. The van der Waals surface area contributed by atoms with Gasteiger partial charge in [0.2, 0.25) is 6.07 Å². The zero-order chi connectivity index (χ0) is 9.78. The van der Waals surface area contributed by atoms with E-state index >= 15 is 0 Å². The summed E-state index contributed by atoms with van der Waals surface area (Å²) in [6.07, 6.45) is -0.154. The fraction of sp³-hybridized carbons (Fsp3) is 0.800. The van der Waals surface area contributed by atoms with E-state index in [1.807, 2.05) is 0 Å². The molecule has 0 unspecified atom stereocenters. The maximum absolute atomic E-state index is 10.2. The van der Waals surface area contributed by atoms with Crippen LogP contribution in [0.1, 0.15) is 19.8 Å². The molecular weight excluding hydrogens is 166 g/mol. The minimum atomic E-state index is -2.66. The van der Waals surface area contributed by atoms with E-state index in [-0.39, 0.29) is 12.8 Å². The summed E-state index contributed by atoms with van der Waals surface area (Å²) in [5.74, 6) is 0. The van der Waals surface area contributed by atoms with Crippen molar-refractivity contribution in [1.29, 1.82) is 5.26 Å². The fourth-order valence-corrected chi connectivity index (χ4v) is 0.735. The lowest BCUT2D eigenvalue weighted by molar-refractivity contribution is -0.778. The second-order valence-electron chi connectivity index (χ2n) is 2.19. The van der Waals surface area contributed by atoms with E-state index in [0.29, 0.717) is 0 Å². The highest BCUT2D eigenvalue weighted by molar-refractivity contribution is 4.91. The van der Waals surface area contributed by atoms with Gasteiger partial charge in [0, 0.05) is 0 Å². The van der Waals surface area contributed by atoms with Gasteiger partial charge in [-0.1, -0.05) is 6.92 Å². The molecule has 0 aliphatic rings. The Morgan fingerprint density at radius 2 is 1.83 bits per heavy atom. The average molecular weight is 173 g/mol. The zero-order valence-corrected chi connectivity index (χ0v) is 6.39. The Kier molecular flexibility index (Phi) is 3.10. The first-order valence-corrected chi connectivity index (χ1v) is 3.21. The summed E-state index contributed by atoms with van der Waals surface area (Å²) >= 11 is 0. The van der Waals surface area contributed by atoms with Crippen LogP contribution in [0.2, 0.25) is 0 Å². The van der Waals surface area contributed by atoms with E-state index in [1.165, 1.54) is 0 Å². The highest BCUT2D eigenvalue weighted by Crippen LogP contribution is 2.16. The quantitative estimate of drug-likeness (QED) is 0.350. The molecule has 0 heterocycles. The standard InChI is InChI=1S/C5H7N3O4/c1-2-3-5(4-6,7(9)10)8(11)12/h2-3H2,1H3. The highest BCUT2D eigenvalue weighted by atomic mass is 16.7. The predicted molar refractivity (Wildman–Crippen MR) is 37.2 cm³/mol. The molecule has 12 heavy (non-hydrogen) atoms. The lowest BCUT2D eigenvalue weighted by atomic mass is 10.1. The third-order valence-electron chi connectivity index (χ3n) is 1.38. The number of nitriles is 1. The molecule has 66 valence electrons. The van der Waals surface area contributed by atoms with Gasteiger partial charge in [0.25, 0.3) is 0 Å². The molecule has 0 rings (SSSR count). The highest BCUT2D eigenvalue weighted by Gasteiger charge is 2.56. The van der Waals surface area contributed by atoms with Crippen molar-refractivity contribution in [3.05, 3.63) is 20.2 Å². The van der Waals surface area contributed by atoms with Crippen LogP contribution in [-0.2, 0) is 0 Å². The first-order chi connectivity index (χ1) is 5.51. The van der Waals surface area contributed by atoms with Crippen LogP contribution in [0.15, 0.2) is 0 Å². The van der Waals surface area contributed by atoms with Crippen LogP contribution >= 0.6 is 0 Å². The molecule has 0 aromatic rings. The molecule has 0 aromatic heterocycles. The van der Waals surface area contributed by atoms with Crippen LogP contribution in [0.25, 0.3) is 0 Å². The molecule has 0 saturated carbocycles. The molecule has 0 saturated heterocycles. The molecule has 0 atom stereocenters. The average Bonchev–Trinajstić information content (AvgIpc) is 1.98. The molecule has 0 amide bonds. The van der Waals surface area contributed by atoms with Gasteiger partial charge in [-0.3, -0.25) is 20.2 Å². The van der Waals surface area contributed by atoms with Gasteiger partial charge in [0.1, 0.15) is 16.3 Å². The van der Waals surface area contributed by atoms with Crippen molar-refractivity contribution in [3.8, 4) is 6.07 Å². The van der Waals surface area contributed by atoms with Gasteiger partial charge < -0.3 is 0 Å². The van der Waals surface area contributed by atoms with Crippen LogP contribution in [-0.4, -0.2) is 15.5 Å². The molecule has 0 aromatic carbocycles. The van der Waals surface area contributed by atoms with Crippen LogP contribution in [0, 0.1) is 31.6 Å². The van der Waals surface area contributed by atoms with Crippen molar-refractivity contribution < 1.29 is 9.85 Å². The molecule has 0 aliphatic heterocycles. The van der Waals surface area contributed by atoms with Crippen LogP contribution < -0.4 is 0 Å².